The molecule has 0 bridgehead atoms. The largest absolute Gasteiger partial charge is 0.458 e. The Hall–Kier alpha value is -5.35. The van der Waals surface area contributed by atoms with E-state index in [9.17, 15) is 0 Å². The van der Waals surface area contributed by atoms with Gasteiger partial charge in [0.25, 0.3) is 13.4 Å². The Morgan fingerprint density at radius 3 is 1.52 bits per heavy atom. The molecule has 0 N–H and O–H groups in total. The second kappa shape index (κ2) is 8.11. The van der Waals surface area contributed by atoms with E-state index in [1.54, 1.807) is 0 Å². The van der Waals surface area contributed by atoms with Crippen LogP contribution in [0.5, 0.6) is 46.0 Å². The molecule has 6 heteroatoms. The van der Waals surface area contributed by atoms with E-state index in [0.29, 0.717) is 0 Å². The second-order valence-electron chi connectivity index (χ2n) is 11.2. The molecule has 6 aromatic rings. The molecular formula is C36H20B2O4. The molecule has 10 rings (SSSR count). The summed E-state index contributed by atoms with van der Waals surface area (Å²) < 4.78 is 26.0. The molecule has 194 valence electrons. The highest BCUT2D eigenvalue weighted by molar-refractivity contribution is 6.99. The molecule has 0 amide bonds. The summed E-state index contributed by atoms with van der Waals surface area (Å²) in [6.45, 7) is 0.0704. The molecule has 0 aromatic heterocycles. The van der Waals surface area contributed by atoms with Crippen molar-refractivity contribution in [2.75, 3.05) is 0 Å². The van der Waals surface area contributed by atoms with Gasteiger partial charge in [-0.15, -0.1) is 0 Å². The molecule has 6 aromatic carbocycles. The minimum atomic E-state index is 0.0303. The van der Waals surface area contributed by atoms with Crippen molar-refractivity contribution in [1.29, 1.82) is 0 Å². The van der Waals surface area contributed by atoms with Crippen molar-refractivity contribution >= 4 is 46.2 Å². The minimum Gasteiger partial charge on any atom is -0.458 e. The number of hydrogen-bond donors (Lipinski definition) is 0. The van der Waals surface area contributed by atoms with Crippen LogP contribution in [0.1, 0.15) is 0 Å². The fourth-order valence-corrected chi connectivity index (χ4v) is 7.15. The lowest BCUT2D eigenvalue weighted by Crippen LogP contribution is -2.57. The van der Waals surface area contributed by atoms with E-state index in [-0.39, 0.29) is 13.4 Å². The van der Waals surface area contributed by atoms with E-state index in [0.717, 1.165) is 89.9 Å². The molecule has 4 aliphatic heterocycles. The molecule has 0 atom stereocenters. The quantitative estimate of drug-likeness (QED) is 0.282. The zero-order valence-electron chi connectivity index (χ0n) is 22.3. The SMILES string of the molecule is c1ccc2c(c1)Oc1cccc3c1B2c1ccc(-c2ccc4c5c2Oc2ccccc2B5c2ccccc2O4)cc1O3. The molecule has 0 unspecified atom stereocenters. The van der Waals surface area contributed by atoms with Gasteiger partial charge in [0, 0.05) is 16.5 Å². The van der Waals surface area contributed by atoms with Crippen LogP contribution >= 0.6 is 0 Å². The predicted octanol–water partition coefficient (Wildman–Crippen LogP) is 4.81. The molecule has 0 saturated heterocycles. The summed E-state index contributed by atoms with van der Waals surface area (Å²) in [6, 6.07) is 41.7. The van der Waals surface area contributed by atoms with Crippen LogP contribution in [0.2, 0.25) is 0 Å². The topological polar surface area (TPSA) is 36.9 Å². The van der Waals surface area contributed by atoms with Gasteiger partial charge in [0.15, 0.2) is 0 Å². The molecule has 4 heterocycles. The van der Waals surface area contributed by atoms with Gasteiger partial charge in [-0.3, -0.25) is 0 Å². The Morgan fingerprint density at radius 1 is 0.357 bits per heavy atom. The van der Waals surface area contributed by atoms with Gasteiger partial charge in [-0.1, -0.05) is 72.8 Å². The highest BCUT2D eigenvalue weighted by atomic mass is 16.5. The van der Waals surface area contributed by atoms with Gasteiger partial charge >= 0.3 is 0 Å². The van der Waals surface area contributed by atoms with Gasteiger partial charge in [0.2, 0.25) is 0 Å². The Balaban J connectivity index is 1.16. The van der Waals surface area contributed by atoms with Gasteiger partial charge in [-0.2, -0.15) is 0 Å². The summed E-state index contributed by atoms with van der Waals surface area (Å²) in [5.41, 5.74) is 8.77. The molecule has 4 aliphatic rings. The summed E-state index contributed by atoms with van der Waals surface area (Å²) >= 11 is 0. The maximum absolute atomic E-state index is 6.70. The highest BCUT2D eigenvalue weighted by Gasteiger charge is 2.42. The van der Waals surface area contributed by atoms with Crippen LogP contribution in [-0.2, 0) is 0 Å². The van der Waals surface area contributed by atoms with Gasteiger partial charge in [0.05, 0.1) is 0 Å². The fraction of sp³-hybridized carbons (Fsp3) is 0. The monoisotopic (exact) mass is 538 g/mol. The van der Waals surface area contributed by atoms with Crippen LogP contribution in [0.15, 0.2) is 121 Å². The lowest BCUT2D eigenvalue weighted by molar-refractivity contribution is 0.464. The lowest BCUT2D eigenvalue weighted by Gasteiger charge is -2.34. The van der Waals surface area contributed by atoms with Crippen molar-refractivity contribution < 1.29 is 18.9 Å². The fourth-order valence-electron chi connectivity index (χ4n) is 7.15. The Bertz CT molecular complexity index is 2130. The summed E-state index contributed by atoms with van der Waals surface area (Å²) in [4.78, 5) is 0. The first-order valence-electron chi connectivity index (χ1n) is 14.2. The first kappa shape index (κ1) is 22.4. The Labute approximate surface area is 243 Å². The molecule has 0 radical (unpaired) electrons. The minimum absolute atomic E-state index is 0.0303. The molecule has 0 spiro atoms. The number of benzene rings is 6. The van der Waals surface area contributed by atoms with E-state index in [1.807, 2.05) is 48.5 Å². The van der Waals surface area contributed by atoms with Crippen molar-refractivity contribution in [3.8, 4) is 57.1 Å². The van der Waals surface area contributed by atoms with E-state index < -0.39 is 0 Å². The summed E-state index contributed by atoms with van der Waals surface area (Å²) in [6.07, 6.45) is 0. The predicted molar refractivity (Wildman–Crippen MR) is 167 cm³/mol. The maximum atomic E-state index is 6.70. The number of para-hydroxylation sites is 3. The molecule has 0 fully saturated rings. The normalized spacial score (nSPS) is 13.9. The van der Waals surface area contributed by atoms with E-state index in [4.69, 9.17) is 18.9 Å². The van der Waals surface area contributed by atoms with Gasteiger partial charge in [0.1, 0.15) is 46.0 Å². The smallest absolute Gasteiger partial charge is 0.260 e. The zero-order chi connectivity index (χ0) is 27.4. The van der Waals surface area contributed by atoms with Gasteiger partial charge in [-0.25, -0.2) is 0 Å². The van der Waals surface area contributed by atoms with Crippen LogP contribution in [-0.4, -0.2) is 13.4 Å². The van der Waals surface area contributed by atoms with Crippen molar-refractivity contribution in [1.82, 2.24) is 0 Å². The van der Waals surface area contributed by atoms with Crippen LogP contribution in [0.3, 0.4) is 0 Å². The summed E-state index contributed by atoms with van der Waals surface area (Å²) in [5.74, 6) is 6.85. The third-order valence-electron chi connectivity index (χ3n) is 8.96. The Morgan fingerprint density at radius 2 is 0.857 bits per heavy atom. The zero-order valence-corrected chi connectivity index (χ0v) is 22.3. The van der Waals surface area contributed by atoms with Crippen molar-refractivity contribution in [2.45, 2.75) is 0 Å². The summed E-state index contributed by atoms with van der Waals surface area (Å²) in [5, 5.41) is 0. The van der Waals surface area contributed by atoms with Gasteiger partial charge < -0.3 is 18.9 Å². The van der Waals surface area contributed by atoms with E-state index in [2.05, 4.69) is 72.8 Å². The van der Waals surface area contributed by atoms with Crippen LogP contribution < -0.4 is 51.7 Å². The van der Waals surface area contributed by atoms with Crippen LogP contribution in [0, 0.1) is 0 Å². The third kappa shape index (κ3) is 2.93. The highest BCUT2D eigenvalue weighted by Crippen LogP contribution is 2.42. The van der Waals surface area contributed by atoms with Crippen LogP contribution in [0.25, 0.3) is 11.1 Å². The lowest BCUT2D eigenvalue weighted by atomic mass is 9.34. The Kier molecular flexibility index (Phi) is 4.32. The maximum Gasteiger partial charge on any atom is 0.260 e. The molecular weight excluding hydrogens is 518 g/mol. The molecule has 0 aliphatic carbocycles. The van der Waals surface area contributed by atoms with Crippen molar-refractivity contribution in [2.24, 2.45) is 0 Å². The number of fused-ring (bicyclic) bond motifs is 8. The average molecular weight is 538 g/mol. The molecule has 4 nitrogen and oxygen atoms in total. The van der Waals surface area contributed by atoms with Crippen molar-refractivity contribution in [3.63, 3.8) is 0 Å². The van der Waals surface area contributed by atoms with Crippen molar-refractivity contribution in [3.05, 3.63) is 121 Å². The van der Waals surface area contributed by atoms with Crippen LogP contribution in [0.4, 0.5) is 0 Å². The number of ether oxygens (including phenoxy) is 4. The molecule has 42 heavy (non-hydrogen) atoms. The summed E-state index contributed by atoms with van der Waals surface area (Å²) in [7, 11) is 0. The average Bonchev–Trinajstić information content (AvgIpc) is 3.04. The van der Waals surface area contributed by atoms with Gasteiger partial charge in [-0.05, 0) is 75.9 Å². The second-order valence-corrected chi connectivity index (χ2v) is 11.2. The van der Waals surface area contributed by atoms with E-state index in [1.165, 1.54) is 0 Å². The first-order chi connectivity index (χ1) is 20.8. The first-order valence-corrected chi connectivity index (χ1v) is 14.2. The standard InChI is InChI=1S/C36H20B2O4/c1-4-11-27-23(8-1)37-26-18-16-21(20-33(26)41-31-15-7-14-30(39-27)34(31)37)22-17-19-32-35-36(22)42-29-13-6-3-10-25(29)38(35)24-9-2-5-12-28(24)40-32/h1-20H. The third-order valence-corrected chi connectivity index (χ3v) is 8.96. The molecule has 0 saturated carbocycles. The van der Waals surface area contributed by atoms with E-state index >= 15 is 0 Å². The number of hydrogen-bond acceptors (Lipinski definition) is 4. The number of rotatable bonds is 1.